The van der Waals surface area contributed by atoms with E-state index in [1.54, 1.807) is 0 Å². The monoisotopic (exact) mass is 294 g/mol. The maximum absolute atomic E-state index is 5.97. The van der Waals surface area contributed by atoms with Gasteiger partial charge in [-0.1, -0.05) is 49.6 Å². The van der Waals surface area contributed by atoms with Crippen LogP contribution in [0.25, 0.3) is 11.4 Å². The minimum absolute atomic E-state index is 0.547. The number of benzene rings is 1. The zero-order valence-electron chi connectivity index (χ0n) is 12.9. The van der Waals surface area contributed by atoms with Gasteiger partial charge in [0.15, 0.2) is 11.6 Å². The molecule has 114 valence electrons. The van der Waals surface area contributed by atoms with Crippen molar-refractivity contribution in [2.75, 3.05) is 6.61 Å². The van der Waals surface area contributed by atoms with Gasteiger partial charge in [-0.15, -0.1) is 0 Å². The molecule has 0 spiro atoms. The first-order chi connectivity index (χ1) is 10.9. The first kappa shape index (κ1) is 13.7. The van der Waals surface area contributed by atoms with Gasteiger partial charge < -0.3 is 4.74 Å². The van der Waals surface area contributed by atoms with E-state index in [0.29, 0.717) is 5.92 Å². The summed E-state index contributed by atoms with van der Waals surface area (Å²) in [5, 5.41) is 0. The fourth-order valence-electron chi connectivity index (χ4n) is 3.63. The van der Waals surface area contributed by atoms with Crippen molar-refractivity contribution in [2.45, 2.75) is 50.9 Å². The van der Waals surface area contributed by atoms with Crippen LogP contribution in [-0.4, -0.2) is 16.6 Å². The van der Waals surface area contributed by atoms with E-state index in [0.717, 1.165) is 42.3 Å². The van der Waals surface area contributed by atoms with Crippen LogP contribution >= 0.6 is 0 Å². The minimum atomic E-state index is 0.547. The van der Waals surface area contributed by atoms with E-state index in [2.05, 4.69) is 24.3 Å². The summed E-state index contributed by atoms with van der Waals surface area (Å²) in [5.41, 5.74) is 3.39. The molecule has 0 amide bonds. The number of hydrogen-bond donors (Lipinski definition) is 0. The number of nitrogens with zero attached hydrogens (tertiary/aromatic N) is 2. The fraction of sp³-hybridized carbons (Fsp3) is 0.474. The zero-order chi connectivity index (χ0) is 14.8. The SMILES string of the molecule is c1ccc(-c2nc3c(c(C4CCCCC4)n2)OCCC3)cc1. The van der Waals surface area contributed by atoms with Crippen molar-refractivity contribution in [3.63, 3.8) is 0 Å². The van der Waals surface area contributed by atoms with Gasteiger partial charge in [0.05, 0.1) is 18.0 Å². The van der Waals surface area contributed by atoms with Gasteiger partial charge in [-0.05, 0) is 25.7 Å². The van der Waals surface area contributed by atoms with Gasteiger partial charge in [0.2, 0.25) is 0 Å². The molecule has 0 radical (unpaired) electrons. The van der Waals surface area contributed by atoms with Crippen LogP contribution in [0, 0.1) is 0 Å². The number of aryl methyl sites for hydroxylation is 1. The lowest BCUT2D eigenvalue weighted by molar-refractivity contribution is 0.274. The van der Waals surface area contributed by atoms with Crippen LogP contribution in [0.2, 0.25) is 0 Å². The first-order valence-corrected chi connectivity index (χ1v) is 8.51. The van der Waals surface area contributed by atoms with Crippen LogP contribution in [0.15, 0.2) is 30.3 Å². The van der Waals surface area contributed by atoms with E-state index in [-0.39, 0.29) is 0 Å². The first-order valence-electron chi connectivity index (χ1n) is 8.51. The summed E-state index contributed by atoms with van der Waals surface area (Å²) in [6.07, 6.45) is 8.52. The molecule has 1 aromatic heterocycles. The number of hydrogen-bond acceptors (Lipinski definition) is 3. The summed E-state index contributed by atoms with van der Waals surface area (Å²) < 4.78 is 5.97. The van der Waals surface area contributed by atoms with Gasteiger partial charge in [0.1, 0.15) is 0 Å². The Morgan fingerprint density at radius 2 is 1.73 bits per heavy atom. The Labute approximate surface area is 131 Å². The van der Waals surface area contributed by atoms with Crippen molar-refractivity contribution in [3.8, 4) is 17.1 Å². The summed E-state index contributed by atoms with van der Waals surface area (Å²) >= 11 is 0. The molecule has 1 aliphatic carbocycles. The largest absolute Gasteiger partial charge is 0.490 e. The van der Waals surface area contributed by atoms with Gasteiger partial charge in [-0.25, -0.2) is 9.97 Å². The third-order valence-corrected chi connectivity index (χ3v) is 4.79. The lowest BCUT2D eigenvalue weighted by atomic mass is 9.85. The molecule has 3 nitrogen and oxygen atoms in total. The van der Waals surface area contributed by atoms with Crippen molar-refractivity contribution in [1.29, 1.82) is 0 Å². The van der Waals surface area contributed by atoms with Gasteiger partial charge in [-0.3, -0.25) is 0 Å². The predicted octanol–water partition coefficient (Wildman–Crippen LogP) is 4.52. The maximum atomic E-state index is 5.97. The molecule has 1 saturated carbocycles. The van der Waals surface area contributed by atoms with Gasteiger partial charge in [0, 0.05) is 11.5 Å². The van der Waals surface area contributed by atoms with Crippen molar-refractivity contribution in [3.05, 3.63) is 41.7 Å². The van der Waals surface area contributed by atoms with Crippen LogP contribution in [0.1, 0.15) is 55.8 Å². The Morgan fingerprint density at radius 3 is 2.55 bits per heavy atom. The molecule has 0 atom stereocenters. The van der Waals surface area contributed by atoms with Crippen molar-refractivity contribution in [1.82, 2.24) is 9.97 Å². The molecule has 2 aliphatic rings. The highest BCUT2D eigenvalue weighted by Crippen LogP contribution is 2.39. The molecule has 2 heterocycles. The summed E-state index contributed by atoms with van der Waals surface area (Å²) in [7, 11) is 0. The zero-order valence-corrected chi connectivity index (χ0v) is 12.9. The van der Waals surface area contributed by atoms with Crippen molar-refractivity contribution < 1.29 is 4.74 Å². The highest BCUT2D eigenvalue weighted by molar-refractivity contribution is 5.57. The molecule has 1 fully saturated rings. The Morgan fingerprint density at radius 1 is 0.909 bits per heavy atom. The van der Waals surface area contributed by atoms with Crippen LogP contribution in [-0.2, 0) is 6.42 Å². The van der Waals surface area contributed by atoms with E-state index in [1.165, 1.54) is 37.8 Å². The Bertz CT molecular complexity index is 648. The van der Waals surface area contributed by atoms with Gasteiger partial charge in [-0.2, -0.15) is 0 Å². The molecule has 0 N–H and O–H groups in total. The molecule has 1 aromatic carbocycles. The van der Waals surface area contributed by atoms with E-state index >= 15 is 0 Å². The van der Waals surface area contributed by atoms with Crippen molar-refractivity contribution >= 4 is 0 Å². The summed E-state index contributed by atoms with van der Waals surface area (Å²) in [5.74, 6) is 2.41. The average Bonchev–Trinajstić information content (AvgIpc) is 2.62. The van der Waals surface area contributed by atoms with E-state index in [9.17, 15) is 0 Å². The molecule has 0 bridgehead atoms. The number of fused-ring (bicyclic) bond motifs is 1. The average molecular weight is 294 g/mol. The molecule has 4 rings (SSSR count). The molecule has 2 aromatic rings. The smallest absolute Gasteiger partial charge is 0.162 e. The normalized spacial score (nSPS) is 18.5. The molecule has 0 unspecified atom stereocenters. The topological polar surface area (TPSA) is 35.0 Å². The quantitative estimate of drug-likeness (QED) is 0.817. The van der Waals surface area contributed by atoms with Crippen LogP contribution in [0.3, 0.4) is 0 Å². The molecule has 0 saturated heterocycles. The van der Waals surface area contributed by atoms with Crippen molar-refractivity contribution in [2.24, 2.45) is 0 Å². The van der Waals surface area contributed by atoms with E-state index in [1.807, 2.05) is 6.07 Å². The second-order valence-corrected chi connectivity index (χ2v) is 6.36. The van der Waals surface area contributed by atoms with E-state index in [4.69, 9.17) is 14.7 Å². The van der Waals surface area contributed by atoms with Crippen LogP contribution in [0.4, 0.5) is 0 Å². The molecule has 3 heteroatoms. The van der Waals surface area contributed by atoms with Crippen LogP contribution in [0.5, 0.6) is 5.75 Å². The maximum Gasteiger partial charge on any atom is 0.162 e. The molecular formula is C19H22N2O. The molecule has 22 heavy (non-hydrogen) atoms. The van der Waals surface area contributed by atoms with Gasteiger partial charge >= 0.3 is 0 Å². The second-order valence-electron chi connectivity index (χ2n) is 6.36. The van der Waals surface area contributed by atoms with E-state index < -0.39 is 0 Å². The molecule has 1 aliphatic heterocycles. The second kappa shape index (κ2) is 6.07. The lowest BCUT2D eigenvalue weighted by Crippen LogP contribution is -2.17. The Kier molecular flexibility index (Phi) is 3.79. The molecular weight excluding hydrogens is 272 g/mol. The Balaban J connectivity index is 1.80. The predicted molar refractivity (Wildman–Crippen MR) is 87.1 cm³/mol. The fourth-order valence-corrected chi connectivity index (χ4v) is 3.63. The van der Waals surface area contributed by atoms with Crippen LogP contribution < -0.4 is 4.74 Å². The van der Waals surface area contributed by atoms with Gasteiger partial charge in [0.25, 0.3) is 0 Å². The third-order valence-electron chi connectivity index (χ3n) is 4.79. The highest BCUT2D eigenvalue weighted by Gasteiger charge is 2.26. The number of aromatic nitrogens is 2. The summed E-state index contributed by atoms with van der Waals surface area (Å²) in [6, 6.07) is 10.3. The lowest BCUT2D eigenvalue weighted by Gasteiger charge is -2.26. The summed E-state index contributed by atoms with van der Waals surface area (Å²) in [4.78, 5) is 9.75. The minimum Gasteiger partial charge on any atom is -0.490 e. The highest BCUT2D eigenvalue weighted by atomic mass is 16.5. The number of ether oxygens (including phenoxy) is 1. The standard InChI is InChI=1S/C19H22N2O/c1-3-8-14(9-4-1)17-18-16(12-7-13-22-18)20-19(21-17)15-10-5-2-6-11-15/h2,5-6,10-11,14H,1,3-4,7-9,12-13H2. The third kappa shape index (κ3) is 2.60. The Hall–Kier alpha value is -1.90. The summed E-state index contributed by atoms with van der Waals surface area (Å²) in [6.45, 7) is 0.806. The number of rotatable bonds is 2.